The zero-order valence-corrected chi connectivity index (χ0v) is 22.1. The first-order valence-corrected chi connectivity index (χ1v) is 12.8. The molecule has 38 heavy (non-hydrogen) atoms. The summed E-state index contributed by atoms with van der Waals surface area (Å²) in [5.74, 6) is -1.37. The number of hydrogen-bond donors (Lipinski definition) is 1. The van der Waals surface area contributed by atoms with E-state index in [0.717, 1.165) is 12.0 Å². The van der Waals surface area contributed by atoms with Gasteiger partial charge in [0, 0.05) is 18.8 Å². The van der Waals surface area contributed by atoms with Gasteiger partial charge in [0.05, 0.1) is 18.2 Å². The van der Waals surface area contributed by atoms with Crippen molar-refractivity contribution in [2.75, 3.05) is 0 Å². The second-order valence-electron chi connectivity index (χ2n) is 9.76. The van der Waals surface area contributed by atoms with Crippen molar-refractivity contribution in [2.45, 2.75) is 103 Å². The number of carbonyl (C=O) groups is 3. The van der Waals surface area contributed by atoms with Crippen molar-refractivity contribution in [3.05, 3.63) is 46.3 Å². The van der Waals surface area contributed by atoms with Crippen molar-refractivity contribution < 1.29 is 38.1 Å². The van der Waals surface area contributed by atoms with Gasteiger partial charge in [-0.05, 0) is 49.6 Å². The molecule has 1 aromatic carbocycles. The summed E-state index contributed by atoms with van der Waals surface area (Å²) in [5, 5.41) is 6.60. The lowest BCUT2D eigenvalue weighted by Gasteiger charge is -2.45. The molecule has 2 fully saturated rings. The fourth-order valence-corrected chi connectivity index (χ4v) is 4.94. The van der Waals surface area contributed by atoms with Gasteiger partial charge in [0.2, 0.25) is 0 Å². The Kier molecular flexibility index (Phi) is 10.8. The molecule has 1 aliphatic heterocycles. The second kappa shape index (κ2) is 14.0. The van der Waals surface area contributed by atoms with Crippen LogP contribution in [-0.4, -0.2) is 60.8 Å². The summed E-state index contributed by atoms with van der Waals surface area (Å²) in [4.78, 5) is 38.9. The average Bonchev–Trinajstić information content (AvgIpc) is 2.87. The molecule has 1 N–H and O–H groups in total. The number of benzene rings is 1. The monoisotopic (exact) mass is 532 g/mol. The van der Waals surface area contributed by atoms with E-state index < -0.39 is 48.7 Å². The SMILES string of the molecule is CC(=O)O[C@H]1[C@H](O[C@@H]2CCCC([C@@H](C)NC(=O)OCc3ccccc3)O2)[C@@H](C)CC(N=[N+]=[N-])[C@@H]1OC(C)=O. The Morgan fingerprint density at radius 3 is 2.45 bits per heavy atom. The molecule has 0 spiro atoms. The Bertz CT molecular complexity index is 1000. The first-order chi connectivity index (χ1) is 18.2. The molecule has 0 bridgehead atoms. The van der Waals surface area contributed by atoms with Crippen molar-refractivity contribution in [1.29, 1.82) is 0 Å². The van der Waals surface area contributed by atoms with Gasteiger partial charge in [0.1, 0.15) is 18.8 Å². The third kappa shape index (κ3) is 8.34. The van der Waals surface area contributed by atoms with Crippen molar-refractivity contribution in [1.82, 2.24) is 5.32 Å². The molecule has 0 aromatic heterocycles. The summed E-state index contributed by atoms with van der Waals surface area (Å²) in [6, 6.07) is 8.33. The van der Waals surface area contributed by atoms with Gasteiger partial charge >= 0.3 is 18.0 Å². The highest BCUT2D eigenvalue weighted by molar-refractivity contribution is 5.68. The third-order valence-electron chi connectivity index (χ3n) is 6.68. The third-order valence-corrected chi connectivity index (χ3v) is 6.68. The molecule has 8 atom stereocenters. The van der Waals surface area contributed by atoms with Crippen molar-refractivity contribution in [3.63, 3.8) is 0 Å². The number of rotatable bonds is 9. The lowest BCUT2D eigenvalue weighted by Crippen LogP contribution is -2.58. The van der Waals surface area contributed by atoms with Gasteiger partial charge in [-0.1, -0.05) is 42.4 Å². The van der Waals surface area contributed by atoms with E-state index in [1.807, 2.05) is 44.2 Å². The van der Waals surface area contributed by atoms with E-state index in [2.05, 4.69) is 15.3 Å². The Balaban J connectivity index is 1.63. The van der Waals surface area contributed by atoms with Crippen LogP contribution in [0.5, 0.6) is 0 Å². The average molecular weight is 533 g/mol. The van der Waals surface area contributed by atoms with Crippen LogP contribution in [0.1, 0.15) is 58.9 Å². The number of nitrogens with zero attached hydrogens (tertiary/aromatic N) is 3. The predicted octanol–water partition coefficient (Wildman–Crippen LogP) is 4.16. The van der Waals surface area contributed by atoms with Crippen LogP contribution in [0, 0.1) is 5.92 Å². The summed E-state index contributed by atoms with van der Waals surface area (Å²) >= 11 is 0. The lowest BCUT2D eigenvalue weighted by atomic mass is 9.80. The minimum atomic E-state index is -0.993. The van der Waals surface area contributed by atoms with Crippen LogP contribution >= 0.6 is 0 Å². The van der Waals surface area contributed by atoms with Crippen molar-refractivity contribution >= 4 is 18.0 Å². The highest BCUT2D eigenvalue weighted by Gasteiger charge is 2.49. The van der Waals surface area contributed by atoms with Crippen LogP contribution in [0.4, 0.5) is 4.79 Å². The van der Waals surface area contributed by atoms with Crippen molar-refractivity contribution in [3.8, 4) is 0 Å². The second-order valence-corrected chi connectivity index (χ2v) is 9.76. The number of carbonyl (C=O) groups excluding carboxylic acids is 3. The molecule has 0 radical (unpaired) electrons. The number of azide groups is 1. The van der Waals surface area contributed by atoms with Crippen LogP contribution < -0.4 is 5.32 Å². The van der Waals surface area contributed by atoms with Crippen LogP contribution in [0.3, 0.4) is 0 Å². The van der Waals surface area contributed by atoms with Gasteiger partial charge in [0.15, 0.2) is 12.4 Å². The molecule has 1 saturated carbocycles. The molecule has 208 valence electrons. The Labute approximate surface area is 221 Å². The molecular weight excluding hydrogens is 496 g/mol. The van der Waals surface area contributed by atoms with E-state index in [0.29, 0.717) is 19.3 Å². The lowest BCUT2D eigenvalue weighted by molar-refractivity contribution is -0.261. The van der Waals surface area contributed by atoms with E-state index in [1.54, 1.807) is 0 Å². The summed E-state index contributed by atoms with van der Waals surface area (Å²) in [6.45, 7) is 6.37. The summed E-state index contributed by atoms with van der Waals surface area (Å²) < 4.78 is 28.8. The van der Waals surface area contributed by atoms with E-state index in [1.165, 1.54) is 13.8 Å². The van der Waals surface area contributed by atoms with Gasteiger partial charge in [-0.25, -0.2) is 4.79 Å². The zero-order chi connectivity index (χ0) is 27.7. The fraction of sp³-hybridized carbons (Fsp3) is 0.654. The van der Waals surface area contributed by atoms with E-state index >= 15 is 0 Å². The maximum atomic E-state index is 12.3. The minimum Gasteiger partial charge on any atom is -0.458 e. The molecule has 1 heterocycles. The molecule has 2 aliphatic rings. The number of ether oxygens (including phenoxy) is 5. The predicted molar refractivity (Wildman–Crippen MR) is 134 cm³/mol. The largest absolute Gasteiger partial charge is 0.458 e. The number of esters is 2. The van der Waals surface area contributed by atoms with Crippen LogP contribution in [-0.2, 0) is 39.9 Å². The molecular formula is C26H36N4O8. The molecule has 3 rings (SSSR count). The number of alkyl carbamates (subject to hydrolysis) is 1. The van der Waals surface area contributed by atoms with Gasteiger partial charge in [0.25, 0.3) is 0 Å². The van der Waals surface area contributed by atoms with Crippen LogP contribution in [0.2, 0.25) is 0 Å². The highest BCUT2D eigenvalue weighted by atomic mass is 16.7. The Morgan fingerprint density at radius 1 is 1.11 bits per heavy atom. The maximum Gasteiger partial charge on any atom is 0.407 e. The molecule has 12 heteroatoms. The Hall–Kier alpha value is -3.34. The number of amides is 1. The summed E-state index contributed by atoms with van der Waals surface area (Å²) in [6.07, 6.45) is -1.70. The van der Waals surface area contributed by atoms with E-state index in [4.69, 9.17) is 29.2 Å². The van der Waals surface area contributed by atoms with E-state index in [-0.39, 0.29) is 24.7 Å². The minimum absolute atomic E-state index is 0.161. The van der Waals surface area contributed by atoms with Gasteiger partial charge < -0.3 is 29.0 Å². The standard InChI is InChI=1S/C26H36N4O8/c1-15-13-20(29-30-27)24(35-17(3)31)25(36-18(4)32)23(15)38-22-12-8-11-21(37-22)16(2)28-26(33)34-14-19-9-6-5-7-10-19/h5-7,9-10,15-16,20-25H,8,11-14H2,1-4H3,(H,28,33)/t15-,16+,20?,21?,22+,23+,24-,25-/m0/s1. The maximum absolute atomic E-state index is 12.3. The summed E-state index contributed by atoms with van der Waals surface area (Å²) in [7, 11) is 0. The number of hydrogen-bond acceptors (Lipinski definition) is 9. The van der Waals surface area contributed by atoms with Gasteiger partial charge in [-0.15, -0.1) is 0 Å². The van der Waals surface area contributed by atoms with Crippen LogP contribution in [0.15, 0.2) is 35.4 Å². The molecule has 1 aromatic rings. The van der Waals surface area contributed by atoms with Gasteiger partial charge in [-0.2, -0.15) is 0 Å². The van der Waals surface area contributed by atoms with Crippen molar-refractivity contribution in [2.24, 2.45) is 11.0 Å². The highest BCUT2D eigenvalue weighted by Crippen LogP contribution is 2.36. The molecule has 2 unspecified atom stereocenters. The first kappa shape index (κ1) is 29.2. The first-order valence-electron chi connectivity index (χ1n) is 12.8. The number of nitrogens with one attached hydrogen (secondary N) is 1. The zero-order valence-electron chi connectivity index (χ0n) is 22.1. The topological polar surface area (TPSA) is 158 Å². The fourth-order valence-electron chi connectivity index (χ4n) is 4.94. The summed E-state index contributed by atoms with van der Waals surface area (Å²) in [5.41, 5.74) is 9.89. The van der Waals surface area contributed by atoms with Crippen LogP contribution in [0.25, 0.3) is 10.4 Å². The molecule has 12 nitrogen and oxygen atoms in total. The smallest absolute Gasteiger partial charge is 0.407 e. The normalized spacial score (nSPS) is 29.7. The molecule has 1 saturated heterocycles. The Morgan fingerprint density at radius 2 is 1.79 bits per heavy atom. The van der Waals surface area contributed by atoms with E-state index in [9.17, 15) is 14.4 Å². The molecule has 1 aliphatic carbocycles. The molecule has 1 amide bonds. The quantitative estimate of drug-likeness (QED) is 0.163. The van der Waals surface area contributed by atoms with Gasteiger partial charge in [-0.3, -0.25) is 9.59 Å².